The molecule has 1 N–H and O–H groups in total. The Bertz CT molecular complexity index is 58.6. The molecule has 2 nitrogen and oxygen atoms in total. The molecule has 0 radical (unpaired) electrons. The van der Waals surface area contributed by atoms with Crippen LogP contribution in [0, 0.1) is 0 Å². The molecule has 0 spiro atoms. The molecule has 0 aromatic heterocycles. The molecule has 0 unspecified atom stereocenters. The van der Waals surface area contributed by atoms with Gasteiger partial charge in [0.15, 0.2) is 0 Å². The molecule has 11 heavy (non-hydrogen) atoms. The molecule has 0 atom stereocenters. The monoisotopic (exact) mass is 159 g/mol. The molecular formula is C9H21NO. The van der Waals surface area contributed by atoms with Crippen LogP contribution < -0.4 is 5.32 Å². The lowest BCUT2D eigenvalue weighted by molar-refractivity contribution is 0.118. The summed E-state index contributed by atoms with van der Waals surface area (Å²) in [6.45, 7) is 3.83. The number of nitrogens with one attached hydrogen (secondary N) is 1. The average molecular weight is 159 g/mol. The highest BCUT2D eigenvalue weighted by Crippen LogP contribution is 2.01. The largest absolute Gasteiger partial charge is 0.366 e. The van der Waals surface area contributed by atoms with E-state index in [4.69, 9.17) is 4.74 Å². The first kappa shape index (κ1) is 10.9. The maximum Gasteiger partial charge on any atom is 0.0962 e. The summed E-state index contributed by atoms with van der Waals surface area (Å²) in [6.07, 6.45) is 6.57. The fourth-order valence-electron chi connectivity index (χ4n) is 0.982. The molecule has 68 valence electrons. The van der Waals surface area contributed by atoms with Crippen LogP contribution in [0.25, 0.3) is 0 Å². The van der Waals surface area contributed by atoms with Crippen molar-refractivity contribution < 1.29 is 4.74 Å². The summed E-state index contributed by atoms with van der Waals surface area (Å²) in [5.41, 5.74) is 0. The molecule has 0 bridgehead atoms. The van der Waals surface area contributed by atoms with Crippen LogP contribution in [-0.2, 0) is 4.74 Å². The van der Waals surface area contributed by atoms with E-state index >= 15 is 0 Å². The van der Waals surface area contributed by atoms with E-state index in [0.29, 0.717) is 6.73 Å². The summed E-state index contributed by atoms with van der Waals surface area (Å²) in [7, 11) is 1.90. The van der Waals surface area contributed by atoms with Crippen LogP contribution in [0.15, 0.2) is 0 Å². The zero-order chi connectivity index (χ0) is 8.36. The van der Waals surface area contributed by atoms with E-state index in [1.807, 2.05) is 7.05 Å². The second kappa shape index (κ2) is 9.92. The SMILES string of the molecule is CCCCCCCOCNC. The van der Waals surface area contributed by atoms with Crippen molar-refractivity contribution in [3.8, 4) is 0 Å². The molecule has 0 aromatic carbocycles. The fourth-order valence-corrected chi connectivity index (χ4v) is 0.982. The minimum absolute atomic E-state index is 0.688. The Labute approximate surface area is 70.3 Å². The van der Waals surface area contributed by atoms with Gasteiger partial charge in [-0.2, -0.15) is 0 Å². The topological polar surface area (TPSA) is 21.3 Å². The Morgan fingerprint density at radius 2 is 1.82 bits per heavy atom. The van der Waals surface area contributed by atoms with Crippen LogP contribution in [0.1, 0.15) is 39.0 Å². The van der Waals surface area contributed by atoms with E-state index in [0.717, 1.165) is 6.61 Å². The van der Waals surface area contributed by atoms with Crippen LogP contribution in [0.2, 0.25) is 0 Å². The molecule has 0 rings (SSSR count). The van der Waals surface area contributed by atoms with E-state index in [1.54, 1.807) is 0 Å². The minimum atomic E-state index is 0.688. The number of rotatable bonds is 8. The van der Waals surface area contributed by atoms with E-state index < -0.39 is 0 Å². The van der Waals surface area contributed by atoms with Crippen LogP contribution in [0.4, 0.5) is 0 Å². The van der Waals surface area contributed by atoms with Crippen LogP contribution >= 0.6 is 0 Å². The van der Waals surface area contributed by atoms with Gasteiger partial charge in [-0.25, -0.2) is 0 Å². The number of hydrogen-bond donors (Lipinski definition) is 1. The molecule has 0 aliphatic carbocycles. The summed E-state index contributed by atoms with van der Waals surface area (Å²) in [5, 5.41) is 2.95. The van der Waals surface area contributed by atoms with Gasteiger partial charge in [0.25, 0.3) is 0 Å². The van der Waals surface area contributed by atoms with Gasteiger partial charge in [0.05, 0.1) is 6.73 Å². The number of unbranched alkanes of at least 4 members (excludes halogenated alkanes) is 4. The maximum absolute atomic E-state index is 5.25. The third-order valence-corrected chi connectivity index (χ3v) is 1.64. The van der Waals surface area contributed by atoms with Crippen LogP contribution in [-0.4, -0.2) is 20.4 Å². The zero-order valence-electron chi connectivity index (χ0n) is 7.86. The Hall–Kier alpha value is -0.0800. The van der Waals surface area contributed by atoms with Gasteiger partial charge in [0, 0.05) is 6.61 Å². The fraction of sp³-hybridized carbons (Fsp3) is 1.00. The third kappa shape index (κ3) is 9.92. The maximum atomic E-state index is 5.25. The van der Waals surface area contributed by atoms with Crippen molar-refractivity contribution in [2.45, 2.75) is 39.0 Å². The average Bonchev–Trinajstić information content (AvgIpc) is 2.03. The van der Waals surface area contributed by atoms with Crippen LogP contribution in [0.5, 0.6) is 0 Å². The van der Waals surface area contributed by atoms with Gasteiger partial charge in [0.1, 0.15) is 0 Å². The molecule has 2 heteroatoms. The molecule has 0 saturated heterocycles. The molecule has 0 saturated carbocycles. The van der Waals surface area contributed by atoms with Crippen molar-refractivity contribution >= 4 is 0 Å². The molecular weight excluding hydrogens is 138 g/mol. The van der Waals surface area contributed by atoms with Gasteiger partial charge in [-0.1, -0.05) is 32.6 Å². The quantitative estimate of drug-likeness (QED) is 0.433. The van der Waals surface area contributed by atoms with Gasteiger partial charge >= 0.3 is 0 Å². The van der Waals surface area contributed by atoms with Crippen molar-refractivity contribution in [2.24, 2.45) is 0 Å². The van der Waals surface area contributed by atoms with Crippen LogP contribution in [0.3, 0.4) is 0 Å². The molecule has 0 fully saturated rings. The Balaban J connectivity index is 2.69. The van der Waals surface area contributed by atoms with Gasteiger partial charge in [0.2, 0.25) is 0 Å². The van der Waals surface area contributed by atoms with Crippen molar-refractivity contribution in [3.05, 3.63) is 0 Å². The first-order valence-corrected chi connectivity index (χ1v) is 4.64. The van der Waals surface area contributed by atoms with Crippen molar-refractivity contribution in [1.29, 1.82) is 0 Å². The predicted octanol–water partition coefficient (Wildman–Crippen LogP) is 2.15. The third-order valence-electron chi connectivity index (χ3n) is 1.64. The number of hydrogen-bond acceptors (Lipinski definition) is 2. The second-order valence-electron chi connectivity index (χ2n) is 2.82. The normalized spacial score (nSPS) is 10.4. The first-order chi connectivity index (χ1) is 5.41. The number of ether oxygens (including phenoxy) is 1. The Morgan fingerprint density at radius 3 is 2.45 bits per heavy atom. The summed E-state index contributed by atoms with van der Waals surface area (Å²) < 4.78 is 5.25. The Kier molecular flexibility index (Phi) is 9.85. The lowest BCUT2D eigenvalue weighted by atomic mass is 10.2. The van der Waals surface area contributed by atoms with Gasteiger partial charge in [-0.05, 0) is 13.5 Å². The van der Waals surface area contributed by atoms with E-state index in [9.17, 15) is 0 Å². The van der Waals surface area contributed by atoms with Crippen molar-refractivity contribution in [1.82, 2.24) is 5.32 Å². The zero-order valence-corrected chi connectivity index (χ0v) is 7.86. The van der Waals surface area contributed by atoms with Gasteiger partial charge in [-0.15, -0.1) is 0 Å². The van der Waals surface area contributed by atoms with Gasteiger partial charge < -0.3 is 4.74 Å². The lowest BCUT2D eigenvalue weighted by Crippen LogP contribution is -2.11. The summed E-state index contributed by atoms with van der Waals surface area (Å²) >= 11 is 0. The summed E-state index contributed by atoms with van der Waals surface area (Å²) in [5.74, 6) is 0. The molecule has 0 amide bonds. The second-order valence-corrected chi connectivity index (χ2v) is 2.82. The van der Waals surface area contributed by atoms with Gasteiger partial charge in [-0.3, -0.25) is 5.32 Å². The molecule has 0 aromatic rings. The van der Waals surface area contributed by atoms with E-state index in [2.05, 4.69) is 12.2 Å². The van der Waals surface area contributed by atoms with Crippen molar-refractivity contribution in [2.75, 3.05) is 20.4 Å². The Morgan fingerprint density at radius 1 is 1.09 bits per heavy atom. The summed E-state index contributed by atoms with van der Waals surface area (Å²) in [6, 6.07) is 0. The molecule has 0 heterocycles. The smallest absolute Gasteiger partial charge is 0.0962 e. The highest BCUT2D eigenvalue weighted by molar-refractivity contribution is 4.40. The first-order valence-electron chi connectivity index (χ1n) is 4.64. The van der Waals surface area contributed by atoms with E-state index in [-0.39, 0.29) is 0 Å². The molecule has 0 aliphatic heterocycles. The standard InChI is InChI=1S/C9H21NO/c1-3-4-5-6-7-8-11-9-10-2/h10H,3-9H2,1-2H3. The predicted molar refractivity (Wildman–Crippen MR) is 48.6 cm³/mol. The summed E-state index contributed by atoms with van der Waals surface area (Å²) in [4.78, 5) is 0. The van der Waals surface area contributed by atoms with E-state index in [1.165, 1.54) is 32.1 Å². The lowest BCUT2D eigenvalue weighted by Gasteiger charge is -2.01. The highest BCUT2D eigenvalue weighted by atomic mass is 16.5. The molecule has 0 aliphatic rings. The minimum Gasteiger partial charge on any atom is -0.366 e. The highest BCUT2D eigenvalue weighted by Gasteiger charge is 1.88. The van der Waals surface area contributed by atoms with Crippen molar-refractivity contribution in [3.63, 3.8) is 0 Å².